The summed E-state index contributed by atoms with van der Waals surface area (Å²) in [6.07, 6.45) is 3.81. The fourth-order valence-corrected chi connectivity index (χ4v) is 3.35. The Kier molecular flexibility index (Phi) is 8.38. The maximum Gasteiger partial charge on any atom is 0.280 e. The summed E-state index contributed by atoms with van der Waals surface area (Å²) in [5.74, 6) is -0.175. The standard InChI is InChI=1S/C25H31N3O3/c1-4-7-17-30-31-19-24-23(25(29)28(26-24)22-11-9-8-10-12-22)18-20-13-15-21(16-14-20)27(5-2)6-3/h8-16,18H,4-7,17,19H2,1-3H3/b23-18-. The fraction of sp³-hybridized carbons (Fsp3) is 0.360. The number of hydrogen-bond acceptors (Lipinski definition) is 5. The van der Waals surface area contributed by atoms with Gasteiger partial charge in [-0.2, -0.15) is 10.1 Å². The number of amides is 1. The number of benzene rings is 2. The van der Waals surface area contributed by atoms with Gasteiger partial charge in [0, 0.05) is 18.8 Å². The first-order valence-corrected chi connectivity index (χ1v) is 11.0. The Bertz CT molecular complexity index is 903. The number of hydrazone groups is 1. The summed E-state index contributed by atoms with van der Waals surface area (Å²) in [5, 5.41) is 5.94. The molecule has 0 N–H and O–H groups in total. The molecule has 6 nitrogen and oxygen atoms in total. The number of nitrogens with zero attached hydrogens (tertiary/aromatic N) is 3. The minimum absolute atomic E-state index is 0.113. The Morgan fingerprint density at radius 1 is 0.968 bits per heavy atom. The van der Waals surface area contributed by atoms with Crippen molar-refractivity contribution in [1.29, 1.82) is 0 Å². The van der Waals surface area contributed by atoms with Gasteiger partial charge < -0.3 is 4.90 Å². The van der Waals surface area contributed by atoms with Crippen LogP contribution in [0, 0.1) is 0 Å². The molecule has 0 spiro atoms. The van der Waals surface area contributed by atoms with Crippen LogP contribution in [0.4, 0.5) is 11.4 Å². The van der Waals surface area contributed by atoms with E-state index < -0.39 is 0 Å². The van der Waals surface area contributed by atoms with Crippen LogP contribution in [0.3, 0.4) is 0 Å². The first kappa shape index (κ1) is 22.7. The molecule has 1 amide bonds. The maximum absolute atomic E-state index is 13.2. The molecule has 164 valence electrons. The SMILES string of the molecule is CCCCOOCC1=NN(c2ccccc2)C(=O)/C1=C\c1ccc(N(CC)CC)cc1. The molecular weight excluding hydrogens is 390 g/mol. The molecule has 2 aromatic carbocycles. The van der Waals surface area contributed by atoms with E-state index in [9.17, 15) is 4.79 Å². The van der Waals surface area contributed by atoms with E-state index in [0.717, 1.165) is 42.9 Å². The van der Waals surface area contributed by atoms with Crippen LogP contribution in [-0.4, -0.2) is 37.9 Å². The summed E-state index contributed by atoms with van der Waals surface area (Å²) in [7, 11) is 0. The van der Waals surface area contributed by atoms with Crippen molar-refractivity contribution < 1.29 is 14.6 Å². The molecule has 31 heavy (non-hydrogen) atoms. The Balaban J connectivity index is 1.82. The highest BCUT2D eigenvalue weighted by Gasteiger charge is 2.31. The summed E-state index contributed by atoms with van der Waals surface area (Å²) < 4.78 is 0. The first-order chi connectivity index (χ1) is 15.2. The quantitative estimate of drug-likeness (QED) is 0.220. The molecule has 0 aromatic heterocycles. The van der Waals surface area contributed by atoms with Gasteiger partial charge in [-0.3, -0.25) is 4.79 Å². The van der Waals surface area contributed by atoms with E-state index in [1.807, 2.05) is 48.5 Å². The largest absolute Gasteiger partial charge is 0.372 e. The van der Waals surface area contributed by atoms with E-state index >= 15 is 0 Å². The molecular formula is C25H31N3O3. The van der Waals surface area contributed by atoms with Crippen molar-refractivity contribution in [2.45, 2.75) is 33.6 Å². The van der Waals surface area contributed by atoms with Gasteiger partial charge >= 0.3 is 0 Å². The van der Waals surface area contributed by atoms with Crippen molar-refractivity contribution in [2.75, 3.05) is 36.2 Å². The zero-order chi connectivity index (χ0) is 22.1. The Hall–Kier alpha value is -2.96. The van der Waals surface area contributed by atoms with Crippen molar-refractivity contribution in [1.82, 2.24) is 0 Å². The Morgan fingerprint density at radius 3 is 2.32 bits per heavy atom. The molecule has 1 heterocycles. The van der Waals surface area contributed by atoms with E-state index in [0.29, 0.717) is 17.9 Å². The minimum Gasteiger partial charge on any atom is -0.372 e. The molecule has 6 heteroatoms. The molecule has 1 aliphatic heterocycles. The highest BCUT2D eigenvalue weighted by Crippen LogP contribution is 2.26. The van der Waals surface area contributed by atoms with Crippen molar-refractivity contribution in [2.24, 2.45) is 5.10 Å². The van der Waals surface area contributed by atoms with Crippen LogP contribution in [0.15, 0.2) is 65.3 Å². The van der Waals surface area contributed by atoms with Crippen LogP contribution in [-0.2, 0) is 14.6 Å². The average Bonchev–Trinajstić information content (AvgIpc) is 3.11. The predicted molar refractivity (Wildman–Crippen MR) is 126 cm³/mol. The number of hydrogen-bond donors (Lipinski definition) is 0. The van der Waals surface area contributed by atoms with E-state index in [1.165, 1.54) is 5.01 Å². The highest BCUT2D eigenvalue weighted by molar-refractivity contribution is 6.33. The van der Waals surface area contributed by atoms with Crippen LogP contribution < -0.4 is 9.91 Å². The van der Waals surface area contributed by atoms with Crippen molar-refractivity contribution >= 4 is 29.1 Å². The smallest absolute Gasteiger partial charge is 0.280 e. The number of carbonyl (C=O) groups excluding carboxylic acids is 1. The average molecular weight is 422 g/mol. The molecule has 0 atom stereocenters. The second-order valence-electron chi connectivity index (χ2n) is 7.26. The summed E-state index contributed by atoms with van der Waals surface area (Å²) in [4.78, 5) is 26.0. The minimum atomic E-state index is -0.175. The van der Waals surface area contributed by atoms with Gasteiger partial charge in [0.25, 0.3) is 5.91 Å². The van der Waals surface area contributed by atoms with Gasteiger partial charge in [-0.15, -0.1) is 0 Å². The lowest BCUT2D eigenvalue weighted by molar-refractivity contribution is -0.283. The van der Waals surface area contributed by atoms with E-state index in [2.05, 4.69) is 42.9 Å². The van der Waals surface area contributed by atoms with Crippen molar-refractivity contribution in [3.63, 3.8) is 0 Å². The highest BCUT2D eigenvalue weighted by atomic mass is 17.2. The van der Waals surface area contributed by atoms with Crippen LogP contribution >= 0.6 is 0 Å². The molecule has 3 rings (SSSR count). The first-order valence-electron chi connectivity index (χ1n) is 11.0. The van der Waals surface area contributed by atoms with Crippen LogP contribution in [0.1, 0.15) is 39.2 Å². The van der Waals surface area contributed by atoms with Gasteiger partial charge in [0.15, 0.2) is 0 Å². The molecule has 2 aromatic rings. The zero-order valence-electron chi connectivity index (χ0n) is 18.6. The molecule has 0 radical (unpaired) electrons. The van der Waals surface area contributed by atoms with Crippen molar-refractivity contribution in [3.05, 3.63) is 65.7 Å². The second kappa shape index (κ2) is 11.4. The maximum atomic E-state index is 13.2. The monoisotopic (exact) mass is 421 g/mol. The van der Waals surface area contributed by atoms with Gasteiger partial charge in [0.1, 0.15) is 12.3 Å². The van der Waals surface area contributed by atoms with Crippen LogP contribution in [0.2, 0.25) is 0 Å². The van der Waals surface area contributed by atoms with Gasteiger partial charge in [0.2, 0.25) is 0 Å². The molecule has 1 aliphatic rings. The number of unbranched alkanes of at least 4 members (excludes halogenated alkanes) is 1. The molecule has 0 aliphatic carbocycles. The number of rotatable bonds is 11. The summed E-state index contributed by atoms with van der Waals surface area (Å²) in [6, 6.07) is 17.6. The van der Waals surface area contributed by atoms with Crippen LogP contribution in [0.5, 0.6) is 0 Å². The lowest BCUT2D eigenvalue weighted by Crippen LogP contribution is -2.22. The summed E-state index contributed by atoms with van der Waals surface area (Å²) in [5.41, 5.74) is 3.89. The third-order valence-electron chi connectivity index (χ3n) is 5.15. The van der Waals surface area contributed by atoms with Gasteiger partial charge in [0.05, 0.1) is 17.9 Å². The number of para-hydroxylation sites is 1. The normalized spacial score (nSPS) is 14.9. The molecule has 0 unspecified atom stereocenters. The molecule has 0 saturated heterocycles. The fourth-order valence-electron chi connectivity index (χ4n) is 3.35. The zero-order valence-corrected chi connectivity index (χ0v) is 18.6. The molecule has 0 bridgehead atoms. The number of anilines is 2. The third-order valence-corrected chi connectivity index (χ3v) is 5.15. The second-order valence-corrected chi connectivity index (χ2v) is 7.26. The van der Waals surface area contributed by atoms with Gasteiger partial charge in [-0.25, -0.2) is 9.78 Å². The third kappa shape index (κ3) is 5.81. The topological polar surface area (TPSA) is 54.4 Å². The van der Waals surface area contributed by atoms with E-state index in [4.69, 9.17) is 9.78 Å². The van der Waals surface area contributed by atoms with E-state index in [-0.39, 0.29) is 12.5 Å². The van der Waals surface area contributed by atoms with Crippen molar-refractivity contribution in [3.8, 4) is 0 Å². The lowest BCUT2D eigenvalue weighted by atomic mass is 10.1. The van der Waals surface area contributed by atoms with Crippen LogP contribution in [0.25, 0.3) is 6.08 Å². The number of carbonyl (C=O) groups is 1. The molecule has 0 fully saturated rings. The Labute approximate surface area is 184 Å². The Morgan fingerprint density at radius 2 is 1.68 bits per heavy atom. The summed E-state index contributed by atoms with van der Waals surface area (Å²) in [6.45, 7) is 8.91. The predicted octanol–water partition coefficient (Wildman–Crippen LogP) is 5.07. The summed E-state index contributed by atoms with van der Waals surface area (Å²) >= 11 is 0. The van der Waals surface area contributed by atoms with E-state index in [1.54, 1.807) is 0 Å². The lowest BCUT2D eigenvalue weighted by Gasteiger charge is -2.20. The van der Waals surface area contributed by atoms with Gasteiger partial charge in [-0.1, -0.05) is 43.7 Å². The van der Waals surface area contributed by atoms with Gasteiger partial charge in [-0.05, 0) is 56.2 Å². The molecule has 0 saturated carbocycles.